The van der Waals surface area contributed by atoms with Crippen LogP contribution in [0.4, 0.5) is 5.13 Å². The maximum Gasteiger partial charge on any atom is 0.263 e. The van der Waals surface area contributed by atoms with Crippen LogP contribution < -0.4 is 5.32 Å². The first-order valence-electron chi connectivity index (χ1n) is 6.28. The highest BCUT2D eigenvalue weighted by Gasteiger charge is 2.22. The number of carbonyl (C=O) groups is 1. The van der Waals surface area contributed by atoms with Crippen molar-refractivity contribution in [1.82, 2.24) is 15.4 Å². The number of nitrogens with one attached hydrogen (secondary N) is 1. The third-order valence-corrected chi connectivity index (χ3v) is 3.64. The normalized spacial score (nSPS) is 10.6. The second-order valence-corrected chi connectivity index (χ2v) is 5.59. The van der Waals surface area contributed by atoms with Crippen LogP contribution in [0.1, 0.15) is 21.1 Å². The van der Waals surface area contributed by atoms with Gasteiger partial charge in [-0.1, -0.05) is 46.8 Å². The fourth-order valence-electron chi connectivity index (χ4n) is 1.94. The van der Waals surface area contributed by atoms with E-state index in [9.17, 15) is 4.79 Å². The number of aromatic nitrogens is 3. The summed E-state index contributed by atoms with van der Waals surface area (Å²) in [7, 11) is 0. The molecule has 2 heterocycles. The maximum atomic E-state index is 12.4. The second kappa shape index (κ2) is 5.45. The summed E-state index contributed by atoms with van der Waals surface area (Å²) in [6, 6.07) is 9.43. The Morgan fingerprint density at radius 1 is 1.19 bits per heavy atom. The van der Waals surface area contributed by atoms with Gasteiger partial charge < -0.3 is 4.52 Å². The molecule has 0 fully saturated rings. The Labute approximate surface area is 124 Å². The van der Waals surface area contributed by atoms with Crippen molar-refractivity contribution in [2.75, 3.05) is 5.32 Å². The van der Waals surface area contributed by atoms with Crippen LogP contribution >= 0.6 is 11.3 Å². The quantitative estimate of drug-likeness (QED) is 0.804. The van der Waals surface area contributed by atoms with E-state index in [1.165, 1.54) is 11.3 Å². The van der Waals surface area contributed by atoms with Crippen molar-refractivity contribution in [2.24, 2.45) is 0 Å². The van der Waals surface area contributed by atoms with Gasteiger partial charge in [0.2, 0.25) is 5.13 Å². The van der Waals surface area contributed by atoms with Gasteiger partial charge in [0.15, 0.2) is 0 Å². The lowest BCUT2D eigenvalue weighted by molar-refractivity contribution is 0.102. The van der Waals surface area contributed by atoms with Crippen LogP contribution in [-0.4, -0.2) is 21.3 Å². The van der Waals surface area contributed by atoms with E-state index in [4.69, 9.17) is 4.52 Å². The maximum absolute atomic E-state index is 12.4. The molecule has 1 aromatic carbocycles. The minimum Gasteiger partial charge on any atom is -0.360 e. The van der Waals surface area contributed by atoms with E-state index in [-0.39, 0.29) is 5.91 Å². The van der Waals surface area contributed by atoms with E-state index < -0.39 is 0 Å². The third kappa shape index (κ3) is 2.68. The van der Waals surface area contributed by atoms with Gasteiger partial charge in [0.25, 0.3) is 5.91 Å². The van der Waals surface area contributed by atoms with Gasteiger partial charge in [-0.15, -0.1) is 10.2 Å². The van der Waals surface area contributed by atoms with Crippen LogP contribution in [0.25, 0.3) is 11.3 Å². The monoisotopic (exact) mass is 300 g/mol. The lowest BCUT2D eigenvalue weighted by Crippen LogP contribution is -2.13. The molecule has 1 N–H and O–H groups in total. The average molecular weight is 300 g/mol. The third-order valence-electron chi connectivity index (χ3n) is 2.88. The molecular weight excluding hydrogens is 288 g/mol. The molecule has 0 unspecified atom stereocenters. The molecule has 0 saturated carbocycles. The topological polar surface area (TPSA) is 80.9 Å². The lowest BCUT2D eigenvalue weighted by Gasteiger charge is -2.02. The van der Waals surface area contributed by atoms with Gasteiger partial charge in [-0.3, -0.25) is 10.1 Å². The minimum atomic E-state index is -0.302. The fraction of sp³-hybridized carbons (Fsp3) is 0.143. The Balaban J connectivity index is 1.95. The predicted octanol–water partition coefficient (Wildman–Crippen LogP) is 3.06. The smallest absolute Gasteiger partial charge is 0.263 e. The molecule has 0 aliphatic heterocycles. The van der Waals surface area contributed by atoms with Crippen molar-refractivity contribution in [3.8, 4) is 11.3 Å². The van der Waals surface area contributed by atoms with E-state index >= 15 is 0 Å². The Morgan fingerprint density at radius 2 is 1.95 bits per heavy atom. The first-order chi connectivity index (χ1) is 10.1. The van der Waals surface area contributed by atoms with Crippen LogP contribution in [-0.2, 0) is 0 Å². The Bertz CT molecular complexity index is 779. The zero-order chi connectivity index (χ0) is 14.8. The molecule has 0 bridgehead atoms. The molecule has 7 heteroatoms. The first-order valence-corrected chi connectivity index (χ1v) is 7.10. The van der Waals surface area contributed by atoms with Crippen molar-refractivity contribution in [1.29, 1.82) is 0 Å². The number of amides is 1. The van der Waals surface area contributed by atoms with Crippen LogP contribution in [0.3, 0.4) is 0 Å². The summed E-state index contributed by atoms with van der Waals surface area (Å²) in [5.74, 6) is 0.163. The zero-order valence-electron chi connectivity index (χ0n) is 11.5. The second-order valence-electron chi connectivity index (χ2n) is 4.41. The SMILES string of the molecule is Cc1nnc(NC(=O)c2c(-c3ccccc3)noc2C)s1. The molecule has 106 valence electrons. The molecule has 3 aromatic rings. The van der Waals surface area contributed by atoms with E-state index in [2.05, 4.69) is 20.7 Å². The molecule has 6 nitrogen and oxygen atoms in total. The highest BCUT2D eigenvalue weighted by Crippen LogP contribution is 2.26. The number of nitrogens with zero attached hydrogens (tertiary/aromatic N) is 3. The van der Waals surface area contributed by atoms with Gasteiger partial charge >= 0.3 is 0 Å². The van der Waals surface area contributed by atoms with Gasteiger partial charge in [-0.2, -0.15) is 0 Å². The summed E-state index contributed by atoms with van der Waals surface area (Å²) < 4.78 is 5.17. The van der Waals surface area contributed by atoms with Gasteiger partial charge in [-0.05, 0) is 13.8 Å². The van der Waals surface area contributed by atoms with Crippen molar-refractivity contribution >= 4 is 22.4 Å². The summed E-state index contributed by atoms with van der Waals surface area (Å²) >= 11 is 1.32. The summed E-state index contributed by atoms with van der Waals surface area (Å²) in [6.07, 6.45) is 0. The van der Waals surface area contributed by atoms with Crippen LogP contribution in [0.2, 0.25) is 0 Å². The van der Waals surface area contributed by atoms with Crippen molar-refractivity contribution in [3.63, 3.8) is 0 Å². The fourth-order valence-corrected chi connectivity index (χ4v) is 2.53. The standard InChI is InChI=1S/C14H12N4O2S/c1-8-11(13(19)15-14-17-16-9(2)21-14)12(18-20-8)10-6-4-3-5-7-10/h3-7H,1-2H3,(H,15,17,19). The lowest BCUT2D eigenvalue weighted by atomic mass is 10.1. The summed E-state index contributed by atoms with van der Waals surface area (Å²) in [4.78, 5) is 12.4. The molecule has 1 amide bonds. The van der Waals surface area contributed by atoms with E-state index in [0.717, 1.165) is 10.6 Å². The Morgan fingerprint density at radius 3 is 2.62 bits per heavy atom. The van der Waals surface area contributed by atoms with E-state index in [0.29, 0.717) is 22.1 Å². The van der Waals surface area contributed by atoms with Crippen LogP contribution in [0.15, 0.2) is 34.9 Å². The zero-order valence-corrected chi connectivity index (χ0v) is 12.3. The number of carbonyl (C=O) groups excluding carboxylic acids is 1. The number of anilines is 1. The molecule has 0 spiro atoms. The predicted molar refractivity (Wildman–Crippen MR) is 79.3 cm³/mol. The molecular formula is C14H12N4O2S. The molecule has 0 saturated heterocycles. The number of rotatable bonds is 3. The molecule has 2 aromatic heterocycles. The molecule has 0 aliphatic rings. The minimum absolute atomic E-state index is 0.302. The summed E-state index contributed by atoms with van der Waals surface area (Å²) in [6.45, 7) is 3.53. The Kier molecular flexibility index (Phi) is 3.49. The number of benzene rings is 1. The van der Waals surface area contributed by atoms with Gasteiger partial charge in [0.1, 0.15) is 22.0 Å². The van der Waals surface area contributed by atoms with Gasteiger partial charge in [0.05, 0.1) is 0 Å². The highest BCUT2D eigenvalue weighted by atomic mass is 32.1. The van der Waals surface area contributed by atoms with E-state index in [1.54, 1.807) is 6.92 Å². The van der Waals surface area contributed by atoms with E-state index in [1.807, 2.05) is 37.3 Å². The Hall–Kier alpha value is -2.54. The first kappa shape index (κ1) is 13.4. The van der Waals surface area contributed by atoms with Crippen LogP contribution in [0.5, 0.6) is 0 Å². The van der Waals surface area contributed by atoms with Crippen molar-refractivity contribution in [3.05, 3.63) is 46.7 Å². The summed E-state index contributed by atoms with van der Waals surface area (Å²) in [5, 5.41) is 15.7. The van der Waals surface area contributed by atoms with Gasteiger partial charge in [-0.25, -0.2) is 0 Å². The molecule has 0 atom stereocenters. The molecule has 0 radical (unpaired) electrons. The van der Waals surface area contributed by atoms with Crippen molar-refractivity contribution < 1.29 is 9.32 Å². The van der Waals surface area contributed by atoms with Gasteiger partial charge in [0, 0.05) is 5.56 Å². The van der Waals surface area contributed by atoms with Crippen molar-refractivity contribution in [2.45, 2.75) is 13.8 Å². The number of aryl methyl sites for hydroxylation is 2. The summed E-state index contributed by atoms with van der Waals surface area (Å²) in [5.41, 5.74) is 1.76. The number of hydrogen-bond acceptors (Lipinski definition) is 6. The molecule has 3 rings (SSSR count). The largest absolute Gasteiger partial charge is 0.360 e. The number of hydrogen-bond donors (Lipinski definition) is 1. The highest BCUT2D eigenvalue weighted by molar-refractivity contribution is 7.15. The van der Waals surface area contributed by atoms with Crippen LogP contribution in [0, 0.1) is 13.8 Å². The molecule has 0 aliphatic carbocycles. The molecule has 21 heavy (non-hydrogen) atoms. The average Bonchev–Trinajstić information content (AvgIpc) is 3.06.